The Kier molecular flexibility index (Phi) is 5.79. The molecule has 0 N–H and O–H groups in total. The van der Waals surface area contributed by atoms with E-state index >= 15 is 0 Å². The summed E-state index contributed by atoms with van der Waals surface area (Å²) >= 11 is 0. The molecule has 10 heteroatoms. The highest BCUT2D eigenvalue weighted by Crippen LogP contribution is 2.24. The Morgan fingerprint density at radius 2 is 2.06 bits per heavy atom. The van der Waals surface area contributed by atoms with Crippen LogP contribution in [0.2, 0.25) is 0 Å². The molecule has 1 aliphatic heterocycles. The number of piperidine rings is 1. The number of carbonyl (C=O) groups is 2. The first-order valence-corrected chi connectivity index (χ1v) is 10.0. The zero-order valence-electron chi connectivity index (χ0n) is 16.9. The minimum absolute atomic E-state index is 0.0355. The molecule has 9 nitrogen and oxygen atoms in total. The summed E-state index contributed by atoms with van der Waals surface area (Å²) in [7, 11) is 0. The highest BCUT2D eigenvalue weighted by molar-refractivity contribution is 5.88. The van der Waals surface area contributed by atoms with E-state index in [2.05, 4.69) is 10.1 Å². The van der Waals surface area contributed by atoms with Gasteiger partial charge in [-0.1, -0.05) is 5.16 Å². The van der Waals surface area contributed by atoms with Crippen LogP contribution >= 0.6 is 0 Å². The van der Waals surface area contributed by atoms with Gasteiger partial charge in [-0.3, -0.25) is 19.0 Å². The summed E-state index contributed by atoms with van der Waals surface area (Å²) < 4.78 is 24.6. The van der Waals surface area contributed by atoms with Crippen LogP contribution in [0.4, 0.5) is 4.39 Å². The minimum atomic E-state index is -0.488. The maximum Gasteiger partial charge on any atom is 0.310 e. The standard InChI is InChI=1S/C21H21FN4O5/c1-2-30-21(29)14-4-3-9-25(10-14)16(27)11-26-12-23-19-17(20(26)28)18(24-31-19)13-5-7-15(22)8-6-13/h5-8,12,14H,2-4,9-11H2,1H3/t14-/m0/s1. The van der Waals surface area contributed by atoms with E-state index in [1.807, 2.05) is 0 Å². The number of aromatic nitrogens is 3. The molecule has 1 aromatic carbocycles. The van der Waals surface area contributed by atoms with E-state index in [-0.39, 0.29) is 47.7 Å². The normalized spacial score (nSPS) is 16.5. The van der Waals surface area contributed by atoms with Gasteiger partial charge in [-0.2, -0.15) is 0 Å². The third-order valence-electron chi connectivity index (χ3n) is 5.28. The molecule has 4 rings (SSSR count). The number of nitrogens with zero attached hydrogens (tertiary/aromatic N) is 4. The van der Waals surface area contributed by atoms with Gasteiger partial charge in [0.2, 0.25) is 5.91 Å². The molecule has 0 spiro atoms. The second-order valence-electron chi connectivity index (χ2n) is 7.33. The monoisotopic (exact) mass is 428 g/mol. The summed E-state index contributed by atoms with van der Waals surface area (Å²) in [6, 6.07) is 5.48. The van der Waals surface area contributed by atoms with Crippen LogP contribution in [-0.2, 0) is 20.9 Å². The fourth-order valence-corrected chi connectivity index (χ4v) is 3.70. The molecular weight excluding hydrogens is 407 g/mol. The van der Waals surface area contributed by atoms with E-state index in [9.17, 15) is 18.8 Å². The lowest BCUT2D eigenvalue weighted by molar-refractivity contribution is -0.151. The maximum absolute atomic E-state index is 13.2. The van der Waals surface area contributed by atoms with Gasteiger partial charge in [0.1, 0.15) is 29.8 Å². The number of carbonyl (C=O) groups excluding carboxylic acids is 2. The summed E-state index contributed by atoms with van der Waals surface area (Å²) in [6.45, 7) is 2.57. The lowest BCUT2D eigenvalue weighted by Gasteiger charge is -2.31. The predicted octanol–water partition coefficient (Wildman–Crippen LogP) is 1.99. The van der Waals surface area contributed by atoms with Crippen LogP contribution in [-0.4, -0.2) is 51.2 Å². The summed E-state index contributed by atoms with van der Waals surface area (Å²) in [6.07, 6.45) is 2.58. The Morgan fingerprint density at radius 3 is 2.81 bits per heavy atom. The minimum Gasteiger partial charge on any atom is -0.466 e. The number of hydrogen-bond donors (Lipinski definition) is 0. The first kappa shape index (κ1) is 20.7. The van der Waals surface area contributed by atoms with Gasteiger partial charge in [-0.05, 0) is 44.0 Å². The average Bonchev–Trinajstić information content (AvgIpc) is 3.21. The lowest BCUT2D eigenvalue weighted by Crippen LogP contribution is -2.45. The van der Waals surface area contributed by atoms with E-state index < -0.39 is 11.4 Å². The molecule has 31 heavy (non-hydrogen) atoms. The molecule has 1 amide bonds. The molecule has 3 heterocycles. The molecule has 1 saturated heterocycles. The lowest BCUT2D eigenvalue weighted by atomic mass is 9.98. The van der Waals surface area contributed by atoms with Gasteiger partial charge in [0.05, 0.1) is 12.5 Å². The Bertz CT molecular complexity index is 1170. The van der Waals surface area contributed by atoms with E-state index in [4.69, 9.17) is 9.26 Å². The van der Waals surface area contributed by atoms with E-state index in [0.29, 0.717) is 31.6 Å². The number of halogens is 1. The van der Waals surface area contributed by atoms with Crippen molar-refractivity contribution in [2.75, 3.05) is 19.7 Å². The predicted molar refractivity (Wildman–Crippen MR) is 107 cm³/mol. The number of rotatable bonds is 5. The SMILES string of the molecule is CCOC(=O)[C@H]1CCCN(C(=O)Cn2cnc3onc(-c4ccc(F)cc4)c3c2=O)C1. The zero-order chi connectivity index (χ0) is 22.0. The summed E-state index contributed by atoms with van der Waals surface area (Å²) in [4.78, 5) is 43.5. The largest absolute Gasteiger partial charge is 0.466 e. The molecular formula is C21H21FN4O5. The van der Waals surface area contributed by atoms with Crippen molar-refractivity contribution in [3.05, 3.63) is 46.8 Å². The highest BCUT2D eigenvalue weighted by Gasteiger charge is 2.29. The van der Waals surface area contributed by atoms with Gasteiger partial charge in [-0.15, -0.1) is 0 Å². The van der Waals surface area contributed by atoms with E-state index in [0.717, 1.165) is 0 Å². The Morgan fingerprint density at radius 1 is 1.29 bits per heavy atom. The second-order valence-corrected chi connectivity index (χ2v) is 7.33. The third-order valence-corrected chi connectivity index (χ3v) is 5.28. The van der Waals surface area contributed by atoms with Crippen LogP contribution in [0.3, 0.4) is 0 Å². The van der Waals surface area contributed by atoms with Crippen LogP contribution in [0, 0.1) is 11.7 Å². The van der Waals surface area contributed by atoms with E-state index in [1.54, 1.807) is 11.8 Å². The van der Waals surface area contributed by atoms with Gasteiger partial charge >= 0.3 is 5.97 Å². The van der Waals surface area contributed by atoms with Crippen molar-refractivity contribution in [2.45, 2.75) is 26.3 Å². The topological polar surface area (TPSA) is 108 Å². The van der Waals surface area contributed by atoms with Crippen LogP contribution in [0.15, 0.2) is 39.9 Å². The van der Waals surface area contributed by atoms with Gasteiger partial charge in [0, 0.05) is 18.7 Å². The molecule has 0 bridgehead atoms. The number of fused-ring (bicyclic) bond motifs is 1. The van der Waals surface area contributed by atoms with Crippen molar-refractivity contribution in [1.82, 2.24) is 19.6 Å². The Balaban J connectivity index is 1.57. The van der Waals surface area contributed by atoms with Crippen molar-refractivity contribution in [1.29, 1.82) is 0 Å². The quantitative estimate of drug-likeness (QED) is 0.572. The molecule has 3 aromatic rings. The van der Waals surface area contributed by atoms with Crippen molar-refractivity contribution in [3.8, 4) is 11.3 Å². The van der Waals surface area contributed by atoms with Crippen LogP contribution in [0.25, 0.3) is 22.4 Å². The molecule has 2 aromatic heterocycles. The molecule has 0 radical (unpaired) electrons. The highest BCUT2D eigenvalue weighted by atomic mass is 19.1. The maximum atomic E-state index is 13.2. The van der Waals surface area contributed by atoms with Crippen LogP contribution in [0.5, 0.6) is 0 Å². The number of hydrogen-bond acceptors (Lipinski definition) is 7. The number of amides is 1. The molecule has 162 valence electrons. The zero-order valence-corrected chi connectivity index (χ0v) is 16.9. The smallest absolute Gasteiger partial charge is 0.310 e. The summed E-state index contributed by atoms with van der Waals surface area (Å²) in [5.41, 5.74) is 0.275. The summed E-state index contributed by atoms with van der Waals surface area (Å²) in [5, 5.41) is 4.01. The molecule has 1 aliphatic rings. The number of esters is 1. The Hall–Kier alpha value is -3.56. The first-order valence-electron chi connectivity index (χ1n) is 10.0. The molecule has 0 saturated carbocycles. The third kappa shape index (κ3) is 4.18. The molecule has 0 aliphatic carbocycles. The number of likely N-dealkylation sites (tertiary alicyclic amines) is 1. The molecule has 0 unspecified atom stereocenters. The number of ether oxygens (including phenoxy) is 1. The van der Waals surface area contributed by atoms with Gasteiger partial charge in [0.25, 0.3) is 11.3 Å². The Labute approximate surface area is 176 Å². The fourth-order valence-electron chi connectivity index (χ4n) is 3.70. The van der Waals surface area contributed by atoms with Crippen LogP contribution in [0.1, 0.15) is 19.8 Å². The van der Waals surface area contributed by atoms with E-state index in [1.165, 1.54) is 35.2 Å². The van der Waals surface area contributed by atoms with Crippen molar-refractivity contribution >= 4 is 23.0 Å². The molecule has 1 atom stereocenters. The number of benzene rings is 1. The average molecular weight is 428 g/mol. The first-order chi connectivity index (χ1) is 15.0. The van der Waals surface area contributed by atoms with Gasteiger partial charge < -0.3 is 14.2 Å². The van der Waals surface area contributed by atoms with Crippen molar-refractivity contribution in [3.63, 3.8) is 0 Å². The van der Waals surface area contributed by atoms with Crippen molar-refractivity contribution < 1.29 is 23.2 Å². The van der Waals surface area contributed by atoms with Crippen LogP contribution < -0.4 is 5.56 Å². The molecule has 1 fully saturated rings. The summed E-state index contributed by atoms with van der Waals surface area (Å²) in [5.74, 6) is -1.39. The fraction of sp³-hybridized carbons (Fsp3) is 0.381. The van der Waals surface area contributed by atoms with Gasteiger partial charge in [0.15, 0.2) is 0 Å². The van der Waals surface area contributed by atoms with Gasteiger partial charge in [-0.25, -0.2) is 9.37 Å². The van der Waals surface area contributed by atoms with Crippen molar-refractivity contribution in [2.24, 2.45) is 5.92 Å². The second kappa shape index (κ2) is 8.66.